The quantitative estimate of drug-likeness (QED) is 0.331. The summed E-state index contributed by atoms with van der Waals surface area (Å²) in [5.74, 6) is 2.47. The first kappa shape index (κ1) is 28.4. The number of anilines is 1. The Morgan fingerprint density at radius 1 is 0.974 bits per heavy atom. The van der Waals surface area contributed by atoms with Crippen LogP contribution in [0.15, 0.2) is 65.3 Å². The highest BCUT2D eigenvalue weighted by atomic mass is 16.5. The Kier molecular flexibility index (Phi) is 10.5. The maximum absolute atomic E-state index is 13.6. The molecule has 1 N–H and O–H groups in total. The zero-order chi connectivity index (χ0) is 27.5. The van der Waals surface area contributed by atoms with Crippen LogP contribution in [0.25, 0.3) is 0 Å². The third kappa shape index (κ3) is 7.68. The normalized spacial score (nSPS) is 11.4. The molecule has 3 amide bonds. The van der Waals surface area contributed by atoms with Crippen molar-refractivity contribution in [2.45, 2.75) is 39.3 Å². The number of methoxy groups -OCH3 is 3. The largest absolute Gasteiger partial charge is 0.497 e. The highest BCUT2D eigenvalue weighted by Gasteiger charge is 2.25. The predicted molar refractivity (Wildman–Crippen MR) is 146 cm³/mol. The van der Waals surface area contributed by atoms with Crippen molar-refractivity contribution >= 4 is 17.6 Å². The summed E-state index contributed by atoms with van der Waals surface area (Å²) < 4.78 is 21.4. The third-order valence-electron chi connectivity index (χ3n) is 6.43. The Balaban J connectivity index is 1.74. The fourth-order valence-electron chi connectivity index (χ4n) is 3.95. The molecular formula is C29H37N3O6. The summed E-state index contributed by atoms with van der Waals surface area (Å²) in [7, 11) is 4.77. The molecule has 3 rings (SSSR count). The summed E-state index contributed by atoms with van der Waals surface area (Å²) in [6.45, 7) is 4.59. The smallest absolute Gasteiger partial charge is 0.322 e. The summed E-state index contributed by atoms with van der Waals surface area (Å²) in [6, 6.07) is 15.9. The average Bonchev–Trinajstić information content (AvgIpc) is 3.46. The van der Waals surface area contributed by atoms with Gasteiger partial charge in [0.2, 0.25) is 5.91 Å². The molecule has 3 aromatic rings. The van der Waals surface area contributed by atoms with Crippen LogP contribution in [0.1, 0.15) is 31.6 Å². The summed E-state index contributed by atoms with van der Waals surface area (Å²) in [5, 5.41) is 2.90. The molecule has 0 saturated heterocycles. The third-order valence-corrected chi connectivity index (χ3v) is 6.43. The number of ether oxygens (including phenoxy) is 3. The van der Waals surface area contributed by atoms with Crippen molar-refractivity contribution < 1.29 is 28.2 Å². The first-order valence-electron chi connectivity index (χ1n) is 12.6. The predicted octanol–water partition coefficient (Wildman–Crippen LogP) is 5.21. The molecule has 204 valence electrons. The zero-order valence-corrected chi connectivity index (χ0v) is 22.7. The van der Waals surface area contributed by atoms with E-state index in [-0.39, 0.29) is 24.5 Å². The zero-order valence-electron chi connectivity index (χ0n) is 22.7. The SMILES string of the molecule is CCC(C)N(CC(=O)N(CCc1ccc(OC)c(OC)c1)Cc1ccco1)C(=O)Nc1ccc(OC)cc1. The number of furan rings is 1. The second kappa shape index (κ2) is 14.0. The van der Waals surface area contributed by atoms with E-state index in [2.05, 4.69) is 5.32 Å². The van der Waals surface area contributed by atoms with Gasteiger partial charge in [-0.2, -0.15) is 0 Å². The van der Waals surface area contributed by atoms with Gasteiger partial charge in [-0.25, -0.2) is 4.79 Å². The van der Waals surface area contributed by atoms with E-state index in [1.54, 1.807) is 67.7 Å². The summed E-state index contributed by atoms with van der Waals surface area (Å²) in [5.41, 5.74) is 1.62. The molecule has 9 heteroatoms. The second-order valence-electron chi connectivity index (χ2n) is 8.88. The molecule has 0 saturated carbocycles. The van der Waals surface area contributed by atoms with Gasteiger partial charge in [-0.1, -0.05) is 13.0 Å². The molecule has 1 atom stereocenters. The summed E-state index contributed by atoms with van der Waals surface area (Å²) >= 11 is 0. The summed E-state index contributed by atoms with van der Waals surface area (Å²) in [6.07, 6.45) is 2.88. The van der Waals surface area contributed by atoms with Gasteiger partial charge in [0, 0.05) is 18.3 Å². The lowest BCUT2D eigenvalue weighted by Crippen LogP contribution is -2.48. The van der Waals surface area contributed by atoms with Gasteiger partial charge >= 0.3 is 6.03 Å². The van der Waals surface area contributed by atoms with Crippen LogP contribution in [0, 0.1) is 0 Å². The van der Waals surface area contributed by atoms with Crippen LogP contribution in [-0.2, 0) is 17.8 Å². The van der Waals surface area contributed by atoms with E-state index in [4.69, 9.17) is 18.6 Å². The number of hydrogen-bond acceptors (Lipinski definition) is 6. The van der Waals surface area contributed by atoms with Crippen molar-refractivity contribution in [3.63, 3.8) is 0 Å². The molecule has 0 fully saturated rings. The number of rotatable bonds is 13. The first-order valence-corrected chi connectivity index (χ1v) is 12.6. The molecule has 1 aromatic heterocycles. The number of nitrogens with zero attached hydrogens (tertiary/aromatic N) is 2. The van der Waals surface area contributed by atoms with Gasteiger partial charge in [-0.3, -0.25) is 4.79 Å². The number of nitrogens with one attached hydrogen (secondary N) is 1. The first-order chi connectivity index (χ1) is 18.4. The van der Waals surface area contributed by atoms with Crippen LogP contribution in [-0.4, -0.2) is 62.2 Å². The Morgan fingerprint density at radius 2 is 1.71 bits per heavy atom. The van der Waals surface area contributed by atoms with Gasteiger partial charge < -0.3 is 33.7 Å². The van der Waals surface area contributed by atoms with E-state index >= 15 is 0 Å². The molecule has 0 aliphatic rings. The van der Waals surface area contributed by atoms with Gasteiger partial charge in [-0.05, 0) is 73.9 Å². The fraction of sp³-hybridized carbons (Fsp3) is 0.379. The monoisotopic (exact) mass is 523 g/mol. The number of carbonyl (C=O) groups excluding carboxylic acids is 2. The molecular weight excluding hydrogens is 486 g/mol. The number of carbonyl (C=O) groups is 2. The van der Waals surface area contributed by atoms with Gasteiger partial charge in [0.15, 0.2) is 11.5 Å². The molecule has 1 heterocycles. The van der Waals surface area contributed by atoms with Crippen LogP contribution in [0.2, 0.25) is 0 Å². The van der Waals surface area contributed by atoms with Gasteiger partial charge in [0.25, 0.3) is 0 Å². The van der Waals surface area contributed by atoms with Crippen LogP contribution in [0.3, 0.4) is 0 Å². The van der Waals surface area contributed by atoms with E-state index in [1.165, 1.54) is 0 Å². The number of benzene rings is 2. The van der Waals surface area contributed by atoms with Crippen LogP contribution in [0.4, 0.5) is 10.5 Å². The van der Waals surface area contributed by atoms with E-state index < -0.39 is 0 Å². The fourth-order valence-corrected chi connectivity index (χ4v) is 3.95. The molecule has 0 spiro atoms. The lowest BCUT2D eigenvalue weighted by Gasteiger charge is -2.31. The minimum absolute atomic E-state index is 0.0658. The van der Waals surface area contributed by atoms with Crippen LogP contribution >= 0.6 is 0 Å². The average molecular weight is 524 g/mol. The number of amides is 3. The molecule has 9 nitrogen and oxygen atoms in total. The standard InChI is InChI=1S/C29H37N3O6/c1-6-21(2)32(29(34)30-23-10-12-24(35-3)13-11-23)20-28(33)31(19-25-8-7-17-38-25)16-15-22-9-14-26(36-4)27(18-22)37-5/h7-14,17-18,21H,6,15-16,19-20H2,1-5H3,(H,30,34). The molecule has 2 aromatic carbocycles. The van der Waals surface area contributed by atoms with Crippen molar-refractivity contribution in [3.8, 4) is 17.2 Å². The van der Waals surface area contributed by atoms with Crippen LogP contribution < -0.4 is 19.5 Å². The van der Waals surface area contributed by atoms with Crippen molar-refractivity contribution in [3.05, 3.63) is 72.2 Å². The van der Waals surface area contributed by atoms with Crippen molar-refractivity contribution in [1.82, 2.24) is 9.80 Å². The molecule has 1 unspecified atom stereocenters. The Hall–Kier alpha value is -4.14. The Bertz CT molecular complexity index is 1160. The van der Waals surface area contributed by atoms with Crippen molar-refractivity contribution in [2.24, 2.45) is 0 Å². The number of hydrogen-bond donors (Lipinski definition) is 1. The minimum atomic E-state index is -0.337. The Labute approximate surface area is 224 Å². The van der Waals surface area contributed by atoms with Gasteiger partial charge in [0.1, 0.15) is 18.1 Å². The molecule has 0 aliphatic carbocycles. The molecule has 38 heavy (non-hydrogen) atoms. The highest BCUT2D eigenvalue weighted by molar-refractivity contribution is 5.92. The Morgan fingerprint density at radius 3 is 2.32 bits per heavy atom. The highest BCUT2D eigenvalue weighted by Crippen LogP contribution is 2.28. The maximum Gasteiger partial charge on any atom is 0.322 e. The van der Waals surface area contributed by atoms with Gasteiger partial charge in [0.05, 0.1) is 34.1 Å². The molecule has 0 bridgehead atoms. The molecule has 0 radical (unpaired) electrons. The number of urea groups is 1. The van der Waals surface area contributed by atoms with E-state index in [9.17, 15) is 9.59 Å². The minimum Gasteiger partial charge on any atom is -0.497 e. The van der Waals surface area contributed by atoms with Crippen LogP contribution in [0.5, 0.6) is 17.2 Å². The lowest BCUT2D eigenvalue weighted by molar-refractivity contribution is -0.133. The van der Waals surface area contributed by atoms with E-state index in [1.807, 2.05) is 38.1 Å². The van der Waals surface area contributed by atoms with E-state index in [0.717, 1.165) is 5.56 Å². The van der Waals surface area contributed by atoms with E-state index in [0.29, 0.717) is 54.6 Å². The topological polar surface area (TPSA) is 93.5 Å². The van der Waals surface area contributed by atoms with Crippen molar-refractivity contribution in [2.75, 3.05) is 39.7 Å². The molecule has 0 aliphatic heterocycles. The second-order valence-corrected chi connectivity index (χ2v) is 8.88. The van der Waals surface area contributed by atoms with Gasteiger partial charge in [-0.15, -0.1) is 0 Å². The lowest BCUT2D eigenvalue weighted by atomic mass is 10.1. The van der Waals surface area contributed by atoms with Crippen molar-refractivity contribution in [1.29, 1.82) is 0 Å². The summed E-state index contributed by atoms with van der Waals surface area (Å²) in [4.78, 5) is 30.1. The maximum atomic E-state index is 13.6.